The Balaban J connectivity index is 1.51. The van der Waals surface area contributed by atoms with Crippen LogP contribution >= 0.6 is 0 Å². The summed E-state index contributed by atoms with van der Waals surface area (Å²) in [5.41, 5.74) is 2.33. The molecule has 1 aliphatic heterocycles. The zero-order valence-electron chi connectivity index (χ0n) is 12.8. The van der Waals surface area contributed by atoms with Crippen LogP contribution in [0, 0.1) is 0 Å². The van der Waals surface area contributed by atoms with Crippen molar-refractivity contribution >= 4 is 5.82 Å². The van der Waals surface area contributed by atoms with Gasteiger partial charge in [0.1, 0.15) is 5.82 Å². The molecule has 0 bridgehead atoms. The van der Waals surface area contributed by atoms with E-state index in [0.717, 1.165) is 44.0 Å². The molecule has 0 amide bonds. The predicted molar refractivity (Wildman–Crippen MR) is 89.7 cm³/mol. The molecule has 0 saturated carbocycles. The average Bonchev–Trinajstić information content (AvgIpc) is 2.98. The molecule has 0 aliphatic carbocycles. The minimum Gasteiger partial charge on any atom is -0.365 e. The van der Waals surface area contributed by atoms with Gasteiger partial charge in [-0.3, -0.25) is 9.88 Å². The van der Waals surface area contributed by atoms with Crippen molar-refractivity contribution in [3.8, 4) is 0 Å². The van der Waals surface area contributed by atoms with Crippen LogP contribution in [-0.4, -0.2) is 34.0 Å². The Kier molecular flexibility index (Phi) is 4.81. The van der Waals surface area contributed by atoms with Gasteiger partial charge in [0.25, 0.3) is 0 Å². The molecule has 114 valence electrons. The fraction of sp³-hybridized carbons (Fsp3) is 0.333. The van der Waals surface area contributed by atoms with E-state index in [1.807, 2.05) is 18.5 Å². The number of nitrogens with zero attached hydrogens (tertiary/aromatic N) is 3. The maximum absolute atomic E-state index is 4.43. The molecule has 1 aliphatic rings. The van der Waals surface area contributed by atoms with Gasteiger partial charge in [-0.2, -0.15) is 0 Å². The molecule has 2 aromatic rings. The molecule has 2 heterocycles. The average molecular weight is 294 g/mol. The van der Waals surface area contributed by atoms with E-state index >= 15 is 0 Å². The topological polar surface area (TPSA) is 41.1 Å². The molecule has 1 aromatic heterocycles. The quantitative estimate of drug-likeness (QED) is 0.832. The fourth-order valence-electron chi connectivity index (χ4n) is 2.83. The number of nitrogens with one attached hydrogen (secondary N) is 1. The van der Waals surface area contributed by atoms with E-state index in [0.29, 0.717) is 6.04 Å². The first-order valence-corrected chi connectivity index (χ1v) is 7.78. The van der Waals surface area contributed by atoms with Gasteiger partial charge < -0.3 is 5.32 Å². The van der Waals surface area contributed by atoms with E-state index in [9.17, 15) is 0 Å². The summed E-state index contributed by atoms with van der Waals surface area (Å²) >= 11 is 0. The van der Waals surface area contributed by atoms with Crippen LogP contribution in [0.2, 0.25) is 0 Å². The second-order valence-electron chi connectivity index (χ2n) is 5.74. The number of hydrogen-bond acceptors (Lipinski definition) is 4. The number of aromatic nitrogens is 2. The third-order valence-corrected chi connectivity index (χ3v) is 3.93. The van der Waals surface area contributed by atoms with Gasteiger partial charge in [0, 0.05) is 32.1 Å². The summed E-state index contributed by atoms with van der Waals surface area (Å²) in [5, 5.41) is 3.48. The Labute approximate surface area is 131 Å². The molecule has 1 atom stereocenters. The normalized spacial score (nSPS) is 18.3. The minimum atomic E-state index is 0.447. The van der Waals surface area contributed by atoms with Crippen LogP contribution in [0.1, 0.15) is 17.7 Å². The van der Waals surface area contributed by atoms with Gasteiger partial charge in [-0.25, -0.2) is 4.98 Å². The number of likely N-dealkylation sites (tertiary alicyclic amines) is 1. The second kappa shape index (κ2) is 7.18. The molecule has 0 radical (unpaired) electrons. The number of rotatable bonds is 6. The van der Waals surface area contributed by atoms with Crippen molar-refractivity contribution in [2.45, 2.75) is 25.4 Å². The van der Waals surface area contributed by atoms with Gasteiger partial charge in [0.05, 0.1) is 18.1 Å². The summed E-state index contributed by atoms with van der Waals surface area (Å²) in [6, 6.07) is 11.1. The summed E-state index contributed by atoms with van der Waals surface area (Å²) in [6.07, 6.45) is 7.39. The Morgan fingerprint density at radius 1 is 1.23 bits per heavy atom. The zero-order valence-corrected chi connectivity index (χ0v) is 12.8. The van der Waals surface area contributed by atoms with Gasteiger partial charge in [-0.15, -0.1) is 6.58 Å². The van der Waals surface area contributed by atoms with Crippen LogP contribution in [0.25, 0.3) is 0 Å². The Hall–Kier alpha value is -2.20. The highest BCUT2D eigenvalue weighted by Crippen LogP contribution is 2.16. The van der Waals surface area contributed by atoms with Crippen LogP contribution in [-0.2, 0) is 13.0 Å². The molecule has 4 heteroatoms. The van der Waals surface area contributed by atoms with Crippen molar-refractivity contribution in [1.82, 2.24) is 14.9 Å². The van der Waals surface area contributed by atoms with Crippen molar-refractivity contribution in [3.63, 3.8) is 0 Å². The summed E-state index contributed by atoms with van der Waals surface area (Å²) < 4.78 is 0. The lowest BCUT2D eigenvalue weighted by Gasteiger charge is -2.17. The predicted octanol–water partition coefficient (Wildman–Crippen LogP) is 2.89. The van der Waals surface area contributed by atoms with Crippen LogP contribution in [0.4, 0.5) is 5.82 Å². The smallest absolute Gasteiger partial charge is 0.144 e. The van der Waals surface area contributed by atoms with Crippen molar-refractivity contribution in [2.75, 3.05) is 18.4 Å². The molecule has 22 heavy (non-hydrogen) atoms. The van der Waals surface area contributed by atoms with Gasteiger partial charge in [-0.1, -0.05) is 36.4 Å². The lowest BCUT2D eigenvalue weighted by Crippen LogP contribution is -2.26. The second-order valence-corrected chi connectivity index (χ2v) is 5.74. The molecule has 1 aromatic carbocycles. The fourth-order valence-corrected chi connectivity index (χ4v) is 2.83. The highest BCUT2D eigenvalue weighted by atomic mass is 15.2. The summed E-state index contributed by atoms with van der Waals surface area (Å²) in [5.74, 6) is 0.861. The highest BCUT2D eigenvalue weighted by Gasteiger charge is 2.22. The van der Waals surface area contributed by atoms with Crippen molar-refractivity contribution in [3.05, 3.63) is 66.6 Å². The molecular formula is C18H22N4. The molecule has 1 fully saturated rings. The highest BCUT2D eigenvalue weighted by molar-refractivity contribution is 5.33. The van der Waals surface area contributed by atoms with Crippen LogP contribution in [0.15, 0.2) is 55.4 Å². The van der Waals surface area contributed by atoms with E-state index in [4.69, 9.17) is 0 Å². The first-order chi connectivity index (χ1) is 10.8. The molecular weight excluding hydrogens is 272 g/mol. The molecule has 3 rings (SSSR count). The van der Waals surface area contributed by atoms with Crippen LogP contribution in [0.5, 0.6) is 0 Å². The van der Waals surface area contributed by atoms with Gasteiger partial charge in [0.2, 0.25) is 0 Å². The van der Waals surface area contributed by atoms with E-state index < -0.39 is 0 Å². The number of hydrogen-bond donors (Lipinski definition) is 1. The third-order valence-electron chi connectivity index (χ3n) is 3.93. The summed E-state index contributed by atoms with van der Waals surface area (Å²) in [6.45, 7) is 6.90. The molecule has 0 spiro atoms. The van der Waals surface area contributed by atoms with Crippen LogP contribution < -0.4 is 5.32 Å². The number of allylic oxidation sites excluding steroid dienone is 1. The summed E-state index contributed by atoms with van der Waals surface area (Å²) in [7, 11) is 0. The zero-order chi connectivity index (χ0) is 15.2. The number of benzene rings is 1. The maximum atomic E-state index is 4.43. The monoisotopic (exact) mass is 294 g/mol. The SMILES string of the molecule is C=CCc1cnc(N[C@@H]2CCN(Cc3ccccc3)C2)cn1. The Bertz CT molecular complexity index is 594. The first kappa shape index (κ1) is 14.7. The van der Waals surface area contributed by atoms with E-state index in [1.54, 1.807) is 0 Å². The lowest BCUT2D eigenvalue weighted by molar-refractivity contribution is 0.328. The molecule has 1 N–H and O–H groups in total. The Morgan fingerprint density at radius 2 is 2.09 bits per heavy atom. The van der Waals surface area contributed by atoms with Crippen molar-refractivity contribution < 1.29 is 0 Å². The van der Waals surface area contributed by atoms with Crippen LogP contribution in [0.3, 0.4) is 0 Å². The first-order valence-electron chi connectivity index (χ1n) is 7.78. The van der Waals surface area contributed by atoms with Gasteiger partial charge >= 0.3 is 0 Å². The van der Waals surface area contributed by atoms with E-state index in [1.165, 1.54) is 5.56 Å². The largest absolute Gasteiger partial charge is 0.365 e. The lowest BCUT2D eigenvalue weighted by atomic mass is 10.2. The standard InChI is InChI=1S/C18H22N4/c1-2-6-16-11-20-18(12-19-16)21-17-9-10-22(14-17)13-15-7-4-3-5-8-15/h2-5,7-8,11-12,17H,1,6,9-10,13-14H2,(H,20,21)/t17-/m1/s1. The Morgan fingerprint density at radius 3 is 2.82 bits per heavy atom. The van der Waals surface area contributed by atoms with Gasteiger partial charge in [0.15, 0.2) is 0 Å². The van der Waals surface area contributed by atoms with Crippen molar-refractivity contribution in [1.29, 1.82) is 0 Å². The summed E-state index contributed by atoms with van der Waals surface area (Å²) in [4.78, 5) is 11.3. The molecule has 0 unspecified atom stereocenters. The maximum Gasteiger partial charge on any atom is 0.144 e. The number of anilines is 1. The van der Waals surface area contributed by atoms with Crippen molar-refractivity contribution in [2.24, 2.45) is 0 Å². The third kappa shape index (κ3) is 3.92. The minimum absolute atomic E-state index is 0.447. The van der Waals surface area contributed by atoms with E-state index in [2.05, 4.69) is 57.1 Å². The molecule has 4 nitrogen and oxygen atoms in total. The van der Waals surface area contributed by atoms with Gasteiger partial charge in [-0.05, 0) is 12.0 Å². The van der Waals surface area contributed by atoms with E-state index in [-0.39, 0.29) is 0 Å². The molecule has 1 saturated heterocycles.